The van der Waals surface area contributed by atoms with Gasteiger partial charge < -0.3 is 24.1 Å². The van der Waals surface area contributed by atoms with Crippen molar-refractivity contribution in [3.63, 3.8) is 0 Å². The monoisotopic (exact) mass is 666 g/mol. The number of aliphatic carboxylic acids is 1. The fraction of sp³-hybridized carbons (Fsp3) is 0.865. The van der Waals surface area contributed by atoms with E-state index in [0.29, 0.717) is 18.3 Å². The lowest BCUT2D eigenvalue weighted by molar-refractivity contribution is -0.171. The second-order valence-corrected chi connectivity index (χ2v) is 15.9. The SMILES string of the molecule is CCC(C)(C)C(=O)OC(C)CC(=O)O.CCC(C)(C)C(=O)OC1C2CC3C(=O)OC1C3C2.CCC1(OC(=O)C(C)(C)CC)CCCC1. The number of carbonyl (C=O) groups is 5. The number of carbonyl (C=O) groups excluding carboxylic acids is 4. The van der Waals surface area contributed by atoms with Crippen molar-refractivity contribution in [1.82, 2.24) is 0 Å². The molecule has 0 aromatic carbocycles. The van der Waals surface area contributed by atoms with Gasteiger partial charge in [-0.25, -0.2) is 0 Å². The van der Waals surface area contributed by atoms with E-state index in [9.17, 15) is 24.0 Å². The van der Waals surface area contributed by atoms with Gasteiger partial charge in [-0.1, -0.05) is 27.7 Å². The fourth-order valence-electron chi connectivity index (χ4n) is 6.29. The average Bonchev–Trinajstić information content (AvgIpc) is 3.77. The van der Waals surface area contributed by atoms with Crippen LogP contribution in [0.3, 0.4) is 0 Å². The zero-order valence-electron chi connectivity index (χ0n) is 30.9. The van der Waals surface area contributed by atoms with Gasteiger partial charge in [-0.2, -0.15) is 0 Å². The number of hydrogen-bond acceptors (Lipinski definition) is 9. The van der Waals surface area contributed by atoms with E-state index < -0.39 is 22.9 Å². The minimum atomic E-state index is -0.959. The fourth-order valence-corrected chi connectivity index (χ4v) is 6.29. The zero-order chi connectivity index (χ0) is 36.0. The first kappa shape index (κ1) is 40.5. The molecule has 6 unspecified atom stereocenters. The van der Waals surface area contributed by atoms with Crippen molar-refractivity contribution in [3.8, 4) is 0 Å². The number of ether oxygens (including phenoxy) is 4. The quantitative estimate of drug-likeness (QED) is 0.165. The molecule has 0 aromatic heterocycles. The van der Waals surface area contributed by atoms with Gasteiger partial charge in [0.25, 0.3) is 0 Å². The maximum atomic E-state index is 12.1. The van der Waals surface area contributed by atoms with E-state index >= 15 is 0 Å². The van der Waals surface area contributed by atoms with Crippen LogP contribution < -0.4 is 0 Å². The van der Waals surface area contributed by atoms with E-state index in [4.69, 9.17) is 24.1 Å². The lowest BCUT2D eigenvalue weighted by Crippen LogP contribution is -2.39. The number of rotatable bonds is 12. The van der Waals surface area contributed by atoms with Gasteiger partial charge in [-0.05, 0) is 113 Å². The Labute approximate surface area is 282 Å². The predicted octanol–water partition coefficient (Wildman–Crippen LogP) is 7.43. The van der Waals surface area contributed by atoms with Crippen molar-refractivity contribution in [2.24, 2.45) is 34.0 Å². The molecule has 10 heteroatoms. The van der Waals surface area contributed by atoms with Crippen LogP contribution in [0.4, 0.5) is 0 Å². The summed E-state index contributed by atoms with van der Waals surface area (Å²) in [7, 11) is 0. The summed E-state index contributed by atoms with van der Waals surface area (Å²) in [6, 6.07) is 0. The van der Waals surface area contributed by atoms with Crippen LogP contribution >= 0.6 is 0 Å². The molecule has 4 fully saturated rings. The summed E-state index contributed by atoms with van der Waals surface area (Å²) in [5.74, 6) is -0.864. The van der Waals surface area contributed by atoms with Gasteiger partial charge in [0.05, 0.1) is 28.6 Å². The minimum absolute atomic E-state index is 0.0197. The van der Waals surface area contributed by atoms with Crippen LogP contribution in [0.5, 0.6) is 0 Å². The molecule has 1 N–H and O–H groups in total. The Hall–Kier alpha value is -2.65. The van der Waals surface area contributed by atoms with Crippen LogP contribution in [0.25, 0.3) is 0 Å². The summed E-state index contributed by atoms with van der Waals surface area (Å²) in [6.45, 7) is 20.9. The van der Waals surface area contributed by atoms with E-state index in [-0.39, 0.29) is 59.4 Å². The topological polar surface area (TPSA) is 143 Å². The lowest BCUT2D eigenvalue weighted by Gasteiger charge is -2.32. The third kappa shape index (κ3) is 10.2. The van der Waals surface area contributed by atoms with Gasteiger partial charge in [0.15, 0.2) is 0 Å². The van der Waals surface area contributed by atoms with Crippen molar-refractivity contribution >= 4 is 29.8 Å². The van der Waals surface area contributed by atoms with E-state index in [1.54, 1.807) is 20.8 Å². The van der Waals surface area contributed by atoms with Crippen LogP contribution in [-0.4, -0.2) is 58.9 Å². The molecule has 0 aromatic rings. The number of esters is 4. The van der Waals surface area contributed by atoms with Crippen LogP contribution in [0.1, 0.15) is 147 Å². The molecule has 4 aliphatic rings. The van der Waals surface area contributed by atoms with Gasteiger partial charge in [0, 0.05) is 11.8 Å². The standard InChI is InChI=1S/C14H20O4.C13H24O2.C10H18O4/c1-4-14(2,3)13(16)18-10-7-5-8-9(6-7)12(15)17-11(8)10;1-5-12(3,4)11(14)15-13(6-2)9-7-8-10-13;1-5-10(3,4)9(13)14-7(2)6-8(11)12/h7-11H,4-6H2,1-3H3;5-10H2,1-4H3;7H,5-6H2,1-4H3,(H,11,12). The van der Waals surface area contributed by atoms with Crippen LogP contribution in [-0.2, 0) is 42.9 Å². The summed E-state index contributed by atoms with van der Waals surface area (Å²) in [5, 5.41) is 8.47. The number of hydrogen-bond donors (Lipinski definition) is 1. The highest BCUT2D eigenvalue weighted by atomic mass is 16.6. The molecule has 6 atom stereocenters. The van der Waals surface area contributed by atoms with Crippen LogP contribution in [0.2, 0.25) is 0 Å². The molecular weight excluding hydrogens is 604 g/mol. The highest BCUT2D eigenvalue weighted by molar-refractivity contribution is 5.79. The molecule has 3 aliphatic carbocycles. The highest BCUT2D eigenvalue weighted by Gasteiger charge is 2.63. The second kappa shape index (κ2) is 16.2. The number of carboxylic acid groups (broad SMARTS) is 1. The Kier molecular flexibility index (Phi) is 13.9. The Balaban J connectivity index is 0.000000248. The molecule has 1 aliphatic heterocycles. The molecule has 4 rings (SSSR count). The van der Waals surface area contributed by atoms with Crippen LogP contribution in [0.15, 0.2) is 0 Å². The van der Waals surface area contributed by atoms with Crippen molar-refractivity contribution in [2.75, 3.05) is 0 Å². The van der Waals surface area contributed by atoms with Gasteiger partial charge in [-0.15, -0.1) is 0 Å². The number of fused-ring (bicyclic) bond motifs is 1. The summed E-state index contributed by atoms with van der Waals surface area (Å²) in [6.07, 6.45) is 8.46. The Morgan fingerprint density at radius 2 is 1.36 bits per heavy atom. The molecule has 47 heavy (non-hydrogen) atoms. The largest absolute Gasteiger partial charge is 0.481 e. The number of carboxylic acids is 1. The molecule has 10 nitrogen and oxygen atoms in total. The van der Waals surface area contributed by atoms with E-state index in [2.05, 4.69) is 6.92 Å². The van der Waals surface area contributed by atoms with Crippen molar-refractivity contribution in [1.29, 1.82) is 0 Å². The highest BCUT2D eigenvalue weighted by Crippen LogP contribution is 2.55. The van der Waals surface area contributed by atoms with Gasteiger partial charge >= 0.3 is 29.8 Å². The minimum Gasteiger partial charge on any atom is -0.481 e. The van der Waals surface area contributed by atoms with E-state index in [1.165, 1.54) is 12.8 Å². The van der Waals surface area contributed by atoms with Gasteiger partial charge in [0.2, 0.25) is 0 Å². The molecular formula is C37H62O10. The molecule has 0 spiro atoms. The Morgan fingerprint density at radius 1 is 0.851 bits per heavy atom. The summed E-state index contributed by atoms with van der Waals surface area (Å²) < 4.78 is 21.8. The lowest BCUT2D eigenvalue weighted by atomic mass is 9.87. The molecule has 270 valence electrons. The van der Waals surface area contributed by atoms with Gasteiger partial charge in [-0.3, -0.25) is 24.0 Å². The first-order valence-electron chi connectivity index (χ1n) is 17.8. The van der Waals surface area contributed by atoms with Crippen molar-refractivity contribution in [3.05, 3.63) is 0 Å². The molecule has 1 heterocycles. The summed E-state index contributed by atoms with van der Waals surface area (Å²) in [4.78, 5) is 57.5. The van der Waals surface area contributed by atoms with E-state index in [1.807, 2.05) is 48.5 Å². The second-order valence-electron chi connectivity index (χ2n) is 15.9. The average molecular weight is 667 g/mol. The summed E-state index contributed by atoms with van der Waals surface area (Å²) in [5.41, 5.74) is -1.45. The molecule has 1 saturated heterocycles. The van der Waals surface area contributed by atoms with Gasteiger partial charge in [0.1, 0.15) is 23.9 Å². The summed E-state index contributed by atoms with van der Waals surface area (Å²) >= 11 is 0. The molecule has 3 saturated carbocycles. The first-order valence-corrected chi connectivity index (χ1v) is 17.8. The maximum Gasteiger partial charge on any atom is 0.312 e. The molecule has 0 amide bonds. The zero-order valence-corrected chi connectivity index (χ0v) is 30.9. The smallest absolute Gasteiger partial charge is 0.312 e. The predicted molar refractivity (Wildman–Crippen MR) is 177 cm³/mol. The Morgan fingerprint density at radius 3 is 1.85 bits per heavy atom. The Bertz CT molecular complexity index is 1120. The normalized spacial score (nSPS) is 26.2. The van der Waals surface area contributed by atoms with Crippen molar-refractivity contribution in [2.45, 2.75) is 171 Å². The first-order chi connectivity index (χ1) is 21.7. The molecule has 0 radical (unpaired) electrons. The van der Waals surface area contributed by atoms with Crippen molar-refractivity contribution < 1.29 is 48.0 Å². The third-order valence-electron chi connectivity index (χ3n) is 11.2. The third-order valence-corrected chi connectivity index (χ3v) is 11.2. The maximum absolute atomic E-state index is 12.1. The van der Waals surface area contributed by atoms with Crippen LogP contribution in [0, 0.1) is 34.0 Å². The van der Waals surface area contributed by atoms with E-state index in [0.717, 1.165) is 44.9 Å². The molecule has 2 bridgehead atoms.